The van der Waals surface area contributed by atoms with Crippen molar-refractivity contribution in [2.24, 2.45) is 0 Å². The molecule has 138 valence electrons. The number of amides is 1. The molecule has 0 aliphatic carbocycles. The lowest BCUT2D eigenvalue weighted by Crippen LogP contribution is -2.46. The molecule has 0 saturated carbocycles. The Hall–Kier alpha value is -1.77. The second-order valence-electron chi connectivity index (χ2n) is 6.12. The average Bonchev–Trinajstić information content (AvgIpc) is 2.64. The van der Waals surface area contributed by atoms with Gasteiger partial charge in [0.1, 0.15) is 5.82 Å². The number of sulfonamides is 1. The number of carbonyl (C=O) groups excluding carboxylic acids is 1. The maximum atomic E-state index is 13.4. The van der Waals surface area contributed by atoms with Gasteiger partial charge in [-0.15, -0.1) is 0 Å². The summed E-state index contributed by atoms with van der Waals surface area (Å²) in [5.74, 6) is -0.734. The van der Waals surface area contributed by atoms with E-state index in [2.05, 4.69) is 20.7 Å². The summed E-state index contributed by atoms with van der Waals surface area (Å²) in [7, 11) is -3.57. The van der Waals surface area contributed by atoms with Crippen molar-refractivity contribution in [2.45, 2.75) is 23.8 Å². The summed E-state index contributed by atoms with van der Waals surface area (Å²) in [6, 6.07) is 11.9. The summed E-state index contributed by atoms with van der Waals surface area (Å²) in [6.45, 7) is 0.813. The summed E-state index contributed by atoms with van der Waals surface area (Å²) >= 11 is 3.27. The number of hydrogen-bond donors (Lipinski definition) is 1. The summed E-state index contributed by atoms with van der Waals surface area (Å²) in [4.78, 5) is 14.4. The number of carbonyl (C=O) groups is 1. The van der Waals surface area contributed by atoms with Crippen LogP contribution in [0, 0.1) is 5.82 Å². The molecule has 2 aromatic carbocycles. The van der Waals surface area contributed by atoms with Crippen LogP contribution in [-0.4, -0.2) is 38.4 Å². The molecule has 0 unspecified atom stereocenters. The summed E-state index contributed by atoms with van der Waals surface area (Å²) < 4.78 is 41.4. The Bertz CT molecular complexity index is 898. The molecule has 0 spiro atoms. The monoisotopic (exact) mass is 440 g/mol. The number of benzene rings is 2. The quantitative estimate of drug-likeness (QED) is 0.793. The minimum absolute atomic E-state index is 0.224. The molecule has 1 heterocycles. The number of halogens is 2. The highest BCUT2D eigenvalue weighted by molar-refractivity contribution is 9.10. The maximum absolute atomic E-state index is 13.4. The Morgan fingerprint density at radius 2 is 1.77 bits per heavy atom. The molecular weight excluding hydrogens is 423 g/mol. The lowest BCUT2D eigenvalue weighted by Gasteiger charge is -2.32. The van der Waals surface area contributed by atoms with Gasteiger partial charge in [-0.25, -0.2) is 17.5 Å². The van der Waals surface area contributed by atoms with Crippen LogP contribution in [0.4, 0.5) is 4.39 Å². The van der Waals surface area contributed by atoms with Crippen LogP contribution in [0.2, 0.25) is 0 Å². The number of nitrogens with zero attached hydrogens (tertiary/aromatic N) is 1. The predicted octanol–water partition coefficient (Wildman–Crippen LogP) is 3.17. The molecule has 1 saturated heterocycles. The number of nitrogens with one attached hydrogen (secondary N) is 1. The fourth-order valence-electron chi connectivity index (χ4n) is 2.92. The molecule has 1 N–H and O–H groups in total. The topological polar surface area (TPSA) is 66.5 Å². The van der Waals surface area contributed by atoms with Crippen LogP contribution in [0.3, 0.4) is 0 Å². The van der Waals surface area contributed by atoms with Gasteiger partial charge in [-0.1, -0.05) is 18.2 Å². The Morgan fingerprint density at radius 3 is 2.42 bits per heavy atom. The van der Waals surface area contributed by atoms with Gasteiger partial charge in [-0.3, -0.25) is 4.79 Å². The molecule has 0 bridgehead atoms. The molecule has 26 heavy (non-hydrogen) atoms. The van der Waals surface area contributed by atoms with Crippen LogP contribution in [0.5, 0.6) is 0 Å². The van der Waals surface area contributed by atoms with E-state index in [1.165, 1.54) is 18.2 Å². The lowest BCUT2D eigenvalue weighted by atomic mass is 10.0. The van der Waals surface area contributed by atoms with E-state index >= 15 is 0 Å². The van der Waals surface area contributed by atoms with E-state index in [1.54, 1.807) is 35.2 Å². The fraction of sp³-hybridized carbons (Fsp3) is 0.278. The standard InChI is InChI=1S/C18H18BrFN2O3S/c19-17-7-6-13(20)12-16(17)18(23)22-10-8-14(9-11-22)21-26(24,25)15-4-2-1-3-5-15/h1-7,12,14,21H,8-11H2. The zero-order chi connectivity index (χ0) is 18.7. The normalized spacial score (nSPS) is 15.8. The largest absolute Gasteiger partial charge is 0.338 e. The number of rotatable bonds is 4. The van der Waals surface area contributed by atoms with Crippen LogP contribution in [0.25, 0.3) is 0 Å². The van der Waals surface area contributed by atoms with Gasteiger partial charge < -0.3 is 4.90 Å². The number of hydrogen-bond acceptors (Lipinski definition) is 3. The molecule has 0 aromatic heterocycles. The molecule has 0 atom stereocenters. The van der Waals surface area contributed by atoms with Crippen molar-refractivity contribution in [3.63, 3.8) is 0 Å². The lowest BCUT2D eigenvalue weighted by molar-refractivity contribution is 0.0710. The van der Waals surface area contributed by atoms with E-state index in [-0.39, 0.29) is 22.4 Å². The molecule has 1 aliphatic rings. The van der Waals surface area contributed by atoms with Gasteiger partial charge in [0.2, 0.25) is 10.0 Å². The third-order valence-corrected chi connectivity index (χ3v) is 6.54. The molecule has 1 fully saturated rings. The van der Waals surface area contributed by atoms with Crippen molar-refractivity contribution in [1.82, 2.24) is 9.62 Å². The Balaban J connectivity index is 1.62. The highest BCUT2D eigenvalue weighted by Gasteiger charge is 2.28. The van der Waals surface area contributed by atoms with Crippen molar-refractivity contribution >= 4 is 31.9 Å². The third kappa shape index (κ3) is 4.31. The van der Waals surface area contributed by atoms with Crippen molar-refractivity contribution in [3.8, 4) is 0 Å². The smallest absolute Gasteiger partial charge is 0.255 e. The fourth-order valence-corrected chi connectivity index (χ4v) is 4.66. The first-order valence-electron chi connectivity index (χ1n) is 8.18. The summed E-state index contributed by atoms with van der Waals surface area (Å²) in [6.07, 6.45) is 1.01. The second kappa shape index (κ2) is 7.85. The van der Waals surface area contributed by atoms with E-state index in [9.17, 15) is 17.6 Å². The first kappa shape index (κ1) is 19.0. The predicted molar refractivity (Wildman–Crippen MR) is 99.8 cm³/mol. The minimum Gasteiger partial charge on any atom is -0.338 e. The van der Waals surface area contributed by atoms with Crippen molar-refractivity contribution in [2.75, 3.05) is 13.1 Å². The van der Waals surface area contributed by atoms with Crippen LogP contribution in [0.15, 0.2) is 57.9 Å². The number of piperidine rings is 1. The van der Waals surface area contributed by atoms with Crippen LogP contribution >= 0.6 is 15.9 Å². The number of likely N-dealkylation sites (tertiary alicyclic amines) is 1. The first-order chi connectivity index (χ1) is 12.4. The van der Waals surface area contributed by atoms with Crippen molar-refractivity contribution in [1.29, 1.82) is 0 Å². The Kier molecular flexibility index (Phi) is 5.74. The third-order valence-electron chi connectivity index (χ3n) is 4.32. The van der Waals surface area contributed by atoms with Gasteiger partial charge in [0.25, 0.3) is 5.91 Å². The van der Waals surface area contributed by atoms with Gasteiger partial charge in [0.15, 0.2) is 0 Å². The molecule has 0 radical (unpaired) electrons. The SMILES string of the molecule is O=C(c1cc(F)ccc1Br)N1CCC(NS(=O)(=O)c2ccccc2)CC1. The molecule has 1 aliphatic heterocycles. The van der Waals surface area contributed by atoms with E-state index < -0.39 is 15.8 Å². The summed E-state index contributed by atoms with van der Waals surface area (Å²) in [5.41, 5.74) is 0.272. The van der Waals surface area contributed by atoms with Crippen LogP contribution in [0.1, 0.15) is 23.2 Å². The first-order valence-corrected chi connectivity index (χ1v) is 10.5. The van der Waals surface area contributed by atoms with Gasteiger partial charge in [-0.05, 0) is 59.1 Å². The van der Waals surface area contributed by atoms with Gasteiger partial charge in [-0.2, -0.15) is 0 Å². The Labute approximate surface area is 160 Å². The van der Waals surface area contributed by atoms with Crippen LogP contribution < -0.4 is 4.72 Å². The summed E-state index contributed by atoms with van der Waals surface area (Å²) in [5, 5.41) is 0. The molecular formula is C18H18BrFN2O3S. The molecule has 3 rings (SSSR count). The Morgan fingerprint density at radius 1 is 1.12 bits per heavy atom. The molecule has 1 amide bonds. The van der Waals surface area contributed by atoms with E-state index in [0.717, 1.165) is 0 Å². The molecule has 8 heteroatoms. The highest BCUT2D eigenvalue weighted by atomic mass is 79.9. The average molecular weight is 441 g/mol. The van der Waals surface area contributed by atoms with Gasteiger partial charge >= 0.3 is 0 Å². The maximum Gasteiger partial charge on any atom is 0.255 e. The van der Waals surface area contributed by atoms with Crippen molar-refractivity contribution < 1.29 is 17.6 Å². The zero-order valence-corrected chi connectivity index (χ0v) is 16.3. The minimum atomic E-state index is -3.57. The van der Waals surface area contributed by atoms with E-state index in [4.69, 9.17) is 0 Å². The van der Waals surface area contributed by atoms with Crippen molar-refractivity contribution in [3.05, 3.63) is 64.4 Å². The zero-order valence-electron chi connectivity index (χ0n) is 13.9. The molecule has 2 aromatic rings. The second-order valence-corrected chi connectivity index (χ2v) is 8.69. The van der Waals surface area contributed by atoms with E-state index in [0.29, 0.717) is 30.4 Å². The molecule has 5 nitrogen and oxygen atoms in total. The van der Waals surface area contributed by atoms with E-state index in [1.807, 2.05) is 0 Å². The van der Waals surface area contributed by atoms with Gasteiger partial charge in [0.05, 0.1) is 10.5 Å². The highest BCUT2D eigenvalue weighted by Crippen LogP contribution is 2.22. The van der Waals surface area contributed by atoms with Gasteiger partial charge in [0, 0.05) is 23.6 Å². The van der Waals surface area contributed by atoms with Crippen LogP contribution in [-0.2, 0) is 10.0 Å².